The molecule has 1 aromatic heterocycles. The van der Waals surface area contributed by atoms with E-state index < -0.39 is 10.5 Å². The summed E-state index contributed by atoms with van der Waals surface area (Å²) in [6, 6.07) is 0. The molecule has 7 heteroatoms. The quantitative estimate of drug-likeness (QED) is 0.609. The van der Waals surface area contributed by atoms with Crippen LogP contribution in [0.2, 0.25) is 0 Å². The van der Waals surface area contributed by atoms with Crippen LogP contribution in [0.25, 0.3) is 0 Å². The van der Waals surface area contributed by atoms with Gasteiger partial charge in [0, 0.05) is 13.0 Å². The fraction of sp³-hybridized carbons (Fsp3) is 0.750. The zero-order valence-electron chi connectivity index (χ0n) is 12.1. The average molecular weight is 270 g/mol. The molecule has 0 aliphatic carbocycles. The molecule has 1 rings (SSSR count). The third kappa shape index (κ3) is 3.04. The van der Waals surface area contributed by atoms with Gasteiger partial charge in [-0.1, -0.05) is 20.8 Å². The van der Waals surface area contributed by atoms with E-state index in [9.17, 15) is 15.2 Å². The number of anilines is 1. The van der Waals surface area contributed by atoms with Crippen LogP contribution in [-0.2, 0) is 7.05 Å². The van der Waals surface area contributed by atoms with Crippen molar-refractivity contribution < 1.29 is 10.0 Å². The molecule has 0 aliphatic rings. The van der Waals surface area contributed by atoms with Crippen LogP contribution in [0.5, 0.6) is 0 Å². The molecule has 0 amide bonds. The van der Waals surface area contributed by atoms with Gasteiger partial charge >= 0.3 is 5.69 Å². The molecule has 1 unspecified atom stereocenters. The maximum Gasteiger partial charge on any atom is 0.334 e. The van der Waals surface area contributed by atoms with Gasteiger partial charge in [-0.2, -0.15) is 5.10 Å². The van der Waals surface area contributed by atoms with E-state index in [2.05, 4.69) is 10.4 Å². The van der Waals surface area contributed by atoms with Crippen molar-refractivity contribution in [2.75, 3.05) is 11.9 Å². The molecule has 0 bridgehead atoms. The van der Waals surface area contributed by atoms with Crippen molar-refractivity contribution in [3.63, 3.8) is 0 Å². The lowest BCUT2D eigenvalue weighted by Gasteiger charge is -2.27. The SMILES string of the molecule is CCC(C)(CO)Nc1c([N+](=O)[O-])c(C(C)C)nn1C. The molecule has 0 radical (unpaired) electrons. The van der Waals surface area contributed by atoms with E-state index in [4.69, 9.17) is 0 Å². The number of aliphatic hydroxyl groups is 1. The van der Waals surface area contributed by atoms with Gasteiger partial charge in [0.2, 0.25) is 5.82 Å². The molecule has 0 fully saturated rings. The largest absolute Gasteiger partial charge is 0.394 e. The molecule has 108 valence electrons. The van der Waals surface area contributed by atoms with E-state index in [1.807, 2.05) is 27.7 Å². The Morgan fingerprint density at radius 2 is 2.16 bits per heavy atom. The van der Waals surface area contributed by atoms with Crippen molar-refractivity contribution in [1.29, 1.82) is 0 Å². The van der Waals surface area contributed by atoms with E-state index in [1.165, 1.54) is 4.68 Å². The second-order valence-electron chi connectivity index (χ2n) is 5.32. The fourth-order valence-electron chi connectivity index (χ4n) is 1.77. The second kappa shape index (κ2) is 5.56. The lowest BCUT2D eigenvalue weighted by Crippen LogP contribution is -2.38. The minimum Gasteiger partial charge on any atom is -0.394 e. The second-order valence-corrected chi connectivity index (χ2v) is 5.32. The van der Waals surface area contributed by atoms with Crippen LogP contribution in [0.3, 0.4) is 0 Å². The van der Waals surface area contributed by atoms with Gasteiger partial charge in [0.1, 0.15) is 5.69 Å². The van der Waals surface area contributed by atoms with Gasteiger partial charge in [0.25, 0.3) is 0 Å². The van der Waals surface area contributed by atoms with Crippen LogP contribution in [0.4, 0.5) is 11.5 Å². The first-order chi connectivity index (χ1) is 8.75. The van der Waals surface area contributed by atoms with Crippen LogP contribution < -0.4 is 5.32 Å². The topological polar surface area (TPSA) is 93.2 Å². The summed E-state index contributed by atoms with van der Waals surface area (Å²) in [6.45, 7) is 7.35. The Labute approximate surface area is 112 Å². The van der Waals surface area contributed by atoms with Crippen molar-refractivity contribution in [1.82, 2.24) is 9.78 Å². The molecule has 2 N–H and O–H groups in total. The Bertz CT molecular complexity index is 464. The minimum absolute atomic E-state index is 0.00868. The molecule has 0 aliphatic heterocycles. The Hall–Kier alpha value is -1.63. The molecule has 0 aromatic carbocycles. The Balaban J connectivity index is 3.31. The molecule has 7 nitrogen and oxygen atoms in total. The van der Waals surface area contributed by atoms with E-state index in [-0.39, 0.29) is 18.2 Å². The monoisotopic (exact) mass is 270 g/mol. The summed E-state index contributed by atoms with van der Waals surface area (Å²) < 4.78 is 1.47. The highest BCUT2D eigenvalue weighted by atomic mass is 16.6. The lowest BCUT2D eigenvalue weighted by molar-refractivity contribution is -0.384. The summed E-state index contributed by atoms with van der Waals surface area (Å²) in [7, 11) is 1.66. The molecule has 1 atom stereocenters. The highest BCUT2D eigenvalue weighted by Gasteiger charge is 2.32. The summed E-state index contributed by atoms with van der Waals surface area (Å²) in [5, 5.41) is 28.0. The number of aryl methyl sites for hydroxylation is 1. The van der Waals surface area contributed by atoms with Gasteiger partial charge in [-0.3, -0.25) is 10.1 Å². The zero-order chi connectivity index (χ0) is 14.8. The molecule has 19 heavy (non-hydrogen) atoms. The molecule has 1 aromatic rings. The average Bonchev–Trinajstić information content (AvgIpc) is 2.67. The standard InChI is InChI=1S/C12H22N4O3/c1-6-12(4,7-17)13-11-10(16(18)19)9(8(2)3)14-15(11)5/h8,13,17H,6-7H2,1-5H3. The van der Waals surface area contributed by atoms with Gasteiger partial charge in [-0.05, 0) is 13.3 Å². The summed E-state index contributed by atoms with van der Waals surface area (Å²) in [6.07, 6.45) is 0.642. The van der Waals surface area contributed by atoms with E-state index >= 15 is 0 Å². The van der Waals surface area contributed by atoms with Crippen LogP contribution >= 0.6 is 0 Å². The van der Waals surface area contributed by atoms with Crippen molar-refractivity contribution in [3.8, 4) is 0 Å². The van der Waals surface area contributed by atoms with Crippen molar-refractivity contribution in [2.24, 2.45) is 7.05 Å². The third-order valence-electron chi connectivity index (χ3n) is 3.33. The van der Waals surface area contributed by atoms with Gasteiger partial charge in [0.05, 0.1) is 17.1 Å². The highest BCUT2D eigenvalue weighted by Crippen LogP contribution is 2.34. The predicted molar refractivity (Wildman–Crippen MR) is 73.4 cm³/mol. The summed E-state index contributed by atoms with van der Waals surface area (Å²) in [5.74, 6) is 0.302. The van der Waals surface area contributed by atoms with Crippen molar-refractivity contribution >= 4 is 11.5 Å². The molecular formula is C12H22N4O3. The number of nitrogens with zero attached hydrogens (tertiary/aromatic N) is 3. The number of nitrogens with one attached hydrogen (secondary N) is 1. The van der Waals surface area contributed by atoms with E-state index in [0.717, 1.165) is 0 Å². The zero-order valence-corrected chi connectivity index (χ0v) is 12.1. The maximum atomic E-state index is 11.3. The normalized spacial score (nSPS) is 14.5. The van der Waals surface area contributed by atoms with Gasteiger partial charge in [-0.15, -0.1) is 0 Å². The van der Waals surface area contributed by atoms with Crippen LogP contribution in [-0.4, -0.2) is 32.0 Å². The van der Waals surface area contributed by atoms with Crippen LogP contribution in [0.1, 0.15) is 45.7 Å². The van der Waals surface area contributed by atoms with E-state index in [0.29, 0.717) is 17.9 Å². The van der Waals surface area contributed by atoms with Gasteiger partial charge in [-0.25, -0.2) is 4.68 Å². The Morgan fingerprint density at radius 3 is 2.53 bits per heavy atom. The lowest BCUT2D eigenvalue weighted by atomic mass is 10.00. The summed E-state index contributed by atoms with van der Waals surface area (Å²) in [4.78, 5) is 10.9. The number of hydrogen-bond acceptors (Lipinski definition) is 5. The summed E-state index contributed by atoms with van der Waals surface area (Å²) in [5.41, 5.74) is -0.163. The van der Waals surface area contributed by atoms with Crippen molar-refractivity contribution in [3.05, 3.63) is 15.8 Å². The third-order valence-corrected chi connectivity index (χ3v) is 3.33. The maximum absolute atomic E-state index is 11.3. The first-order valence-electron chi connectivity index (χ1n) is 6.36. The molecule has 1 heterocycles. The summed E-state index contributed by atoms with van der Waals surface area (Å²) >= 11 is 0. The molecule has 0 saturated carbocycles. The number of aliphatic hydroxyl groups excluding tert-OH is 1. The number of rotatable bonds is 6. The minimum atomic E-state index is -0.604. The number of nitro groups is 1. The first-order valence-corrected chi connectivity index (χ1v) is 6.36. The molecular weight excluding hydrogens is 248 g/mol. The van der Waals surface area contributed by atoms with Crippen LogP contribution in [0, 0.1) is 10.1 Å². The Morgan fingerprint density at radius 1 is 1.58 bits per heavy atom. The fourth-order valence-corrected chi connectivity index (χ4v) is 1.77. The van der Waals surface area contributed by atoms with Crippen LogP contribution in [0.15, 0.2) is 0 Å². The first kappa shape index (κ1) is 15.4. The Kier molecular flexibility index (Phi) is 4.52. The van der Waals surface area contributed by atoms with Gasteiger partial charge in [0.15, 0.2) is 0 Å². The predicted octanol–water partition coefficient (Wildman–Crippen LogP) is 2.02. The molecule has 0 saturated heterocycles. The van der Waals surface area contributed by atoms with Gasteiger partial charge < -0.3 is 10.4 Å². The molecule has 0 spiro atoms. The number of aromatic nitrogens is 2. The smallest absolute Gasteiger partial charge is 0.334 e. The van der Waals surface area contributed by atoms with E-state index in [1.54, 1.807) is 7.05 Å². The highest BCUT2D eigenvalue weighted by molar-refractivity contribution is 5.61. The number of hydrogen-bond donors (Lipinski definition) is 2. The van der Waals surface area contributed by atoms with Crippen molar-refractivity contribution in [2.45, 2.75) is 45.6 Å².